The molecule has 2 rings (SSSR count). The number of aromatic hydroxyl groups is 1. The highest BCUT2D eigenvalue weighted by molar-refractivity contribution is 5.87. The third-order valence-corrected chi connectivity index (χ3v) is 3.40. The van der Waals surface area contributed by atoms with Crippen LogP contribution in [0.25, 0.3) is 0 Å². The number of carbonyl (C=O) groups excluding carboxylic acids is 2. The van der Waals surface area contributed by atoms with Gasteiger partial charge in [-0.05, 0) is 36.8 Å². The summed E-state index contributed by atoms with van der Waals surface area (Å²) >= 11 is 0. The van der Waals surface area contributed by atoms with Gasteiger partial charge in [-0.15, -0.1) is 0 Å². The fraction of sp³-hybridized carbons (Fsp3) is 0.167. The van der Waals surface area contributed by atoms with Crippen LogP contribution in [0.2, 0.25) is 0 Å². The lowest BCUT2D eigenvalue weighted by Crippen LogP contribution is -2.37. The monoisotopic (exact) mass is 386 g/mol. The van der Waals surface area contributed by atoms with Crippen LogP contribution in [0.3, 0.4) is 0 Å². The van der Waals surface area contributed by atoms with Crippen molar-refractivity contribution in [2.75, 3.05) is 13.2 Å². The number of nitro benzene ring substituents is 1. The van der Waals surface area contributed by atoms with Crippen molar-refractivity contribution in [3.63, 3.8) is 0 Å². The molecule has 0 aromatic heterocycles. The predicted molar refractivity (Wildman–Crippen MR) is 100 cm³/mol. The van der Waals surface area contributed by atoms with Crippen LogP contribution in [0.5, 0.6) is 11.5 Å². The van der Waals surface area contributed by atoms with Crippen LogP contribution in [0.1, 0.15) is 11.1 Å². The van der Waals surface area contributed by atoms with Crippen molar-refractivity contribution in [3.05, 3.63) is 63.7 Å². The van der Waals surface area contributed by atoms with Gasteiger partial charge in [0.25, 0.3) is 11.8 Å². The van der Waals surface area contributed by atoms with E-state index in [2.05, 4.69) is 15.8 Å². The molecule has 2 aromatic rings. The van der Waals surface area contributed by atoms with Gasteiger partial charge in [0, 0.05) is 11.6 Å². The Morgan fingerprint density at radius 1 is 1.25 bits per heavy atom. The Morgan fingerprint density at radius 3 is 2.75 bits per heavy atom. The summed E-state index contributed by atoms with van der Waals surface area (Å²) in [7, 11) is 0. The van der Waals surface area contributed by atoms with E-state index in [-0.39, 0.29) is 13.2 Å². The van der Waals surface area contributed by atoms with E-state index in [0.717, 1.165) is 17.7 Å². The molecule has 0 unspecified atom stereocenters. The van der Waals surface area contributed by atoms with Gasteiger partial charge in [0.15, 0.2) is 12.4 Å². The molecule has 0 bridgehead atoms. The fourth-order valence-corrected chi connectivity index (χ4v) is 2.07. The molecule has 0 saturated heterocycles. The lowest BCUT2D eigenvalue weighted by molar-refractivity contribution is -0.385. The van der Waals surface area contributed by atoms with E-state index < -0.39 is 28.2 Å². The van der Waals surface area contributed by atoms with Crippen LogP contribution in [0, 0.1) is 17.0 Å². The average molecular weight is 386 g/mol. The first-order valence-electron chi connectivity index (χ1n) is 8.10. The van der Waals surface area contributed by atoms with Crippen LogP contribution < -0.4 is 15.5 Å². The molecule has 3 N–H and O–H groups in total. The molecule has 0 fully saturated rings. The topological polar surface area (TPSA) is 143 Å². The first-order valence-corrected chi connectivity index (χ1v) is 8.10. The van der Waals surface area contributed by atoms with Crippen LogP contribution >= 0.6 is 0 Å². The number of hydrazone groups is 1. The number of rotatable bonds is 8. The molecule has 0 radical (unpaired) electrons. The zero-order valence-corrected chi connectivity index (χ0v) is 14.9. The first kappa shape index (κ1) is 20.4. The average Bonchev–Trinajstić information content (AvgIpc) is 2.66. The highest BCUT2D eigenvalue weighted by Crippen LogP contribution is 2.25. The van der Waals surface area contributed by atoms with Crippen LogP contribution in [-0.4, -0.2) is 41.2 Å². The van der Waals surface area contributed by atoms with Crippen molar-refractivity contribution in [2.24, 2.45) is 5.10 Å². The van der Waals surface area contributed by atoms with Gasteiger partial charge in [-0.3, -0.25) is 19.7 Å². The lowest BCUT2D eigenvalue weighted by Gasteiger charge is -2.07. The lowest BCUT2D eigenvalue weighted by atomic mass is 10.2. The summed E-state index contributed by atoms with van der Waals surface area (Å²) in [6.07, 6.45) is 1.17. The van der Waals surface area contributed by atoms with E-state index in [9.17, 15) is 24.8 Å². The molecule has 10 heteroatoms. The molecule has 2 amide bonds. The molecule has 28 heavy (non-hydrogen) atoms. The summed E-state index contributed by atoms with van der Waals surface area (Å²) in [5.41, 5.74) is 3.00. The van der Waals surface area contributed by atoms with Crippen molar-refractivity contribution in [3.8, 4) is 11.5 Å². The van der Waals surface area contributed by atoms with E-state index in [4.69, 9.17) is 4.74 Å². The highest BCUT2D eigenvalue weighted by Gasteiger charge is 2.12. The number of nitrogens with one attached hydrogen (secondary N) is 2. The van der Waals surface area contributed by atoms with Gasteiger partial charge < -0.3 is 15.2 Å². The molecule has 0 spiro atoms. The van der Waals surface area contributed by atoms with Gasteiger partial charge in [0.2, 0.25) is 0 Å². The van der Waals surface area contributed by atoms with Crippen molar-refractivity contribution in [1.82, 2.24) is 10.7 Å². The predicted octanol–water partition coefficient (Wildman–Crippen LogP) is 1.25. The maximum Gasteiger partial charge on any atom is 0.311 e. The number of ether oxygens (including phenoxy) is 1. The van der Waals surface area contributed by atoms with Crippen LogP contribution in [0.15, 0.2) is 47.6 Å². The maximum atomic E-state index is 11.7. The number of hydrogen-bond donors (Lipinski definition) is 3. The summed E-state index contributed by atoms with van der Waals surface area (Å²) in [4.78, 5) is 33.4. The van der Waals surface area contributed by atoms with E-state index in [1.165, 1.54) is 12.3 Å². The number of phenols is 1. The Labute approximate surface area is 160 Å². The number of benzene rings is 2. The fourth-order valence-electron chi connectivity index (χ4n) is 2.07. The number of carbonyl (C=O) groups is 2. The second kappa shape index (κ2) is 9.67. The second-order valence-corrected chi connectivity index (χ2v) is 5.68. The van der Waals surface area contributed by atoms with Gasteiger partial charge in [-0.25, -0.2) is 5.43 Å². The molecular formula is C18H18N4O6. The number of hydrogen-bond acceptors (Lipinski definition) is 7. The Morgan fingerprint density at radius 2 is 2.04 bits per heavy atom. The number of aryl methyl sites for hydroxylation is 1. The molecule has 2 aromatic carbocycles. The van der Waals surface area contributed by atoms with Gasteiger partial charge in [-0.2, -0.15) is 5.10 Å². The summed E-state index contributed by atoms with van der Waals surface area (Å²) < 4.78 is 5.31. The standard InChI is InChI=1S/C18H18N4O6/c1-12-3-2-4-14(7-12)28-11-18(25)19-10-17(24)21-20-9-13-5-6-16(23)15(8-13)22(26)27/h2-9,23H,10-11H2,1H3,(H,19,25)(H,21,24)/b20-9+. The molecule has 0 aliphatic carbocycles. The Hall–Kier alpha value is -3.95. The Kier molecular flexibility index (Phi) is 7.03. The van der Waals surface area contributed by atoms with E-state index >= 15 is 0 Å². The van der Waals surface area contributed by atoms with Crippen molar-refractivity contribution >= 4 is 23.7 Å². The van der Waals surface area contributed by atoms with Crippen LogP contribution in [0.4, 0.5) is 5.69 Å². The minimum absolute atomic E-state index is 0.239. The zero-order chi connectivity index (χ0) is 20.5. The quantitative estimate of drug-likeness (QED) is 0.354. The Balaban J connectivity index is 1.75. The van der Waals surface area contributed by atoms with E-state index in [0.29, 0.717) is 11.3 Å². The number of amides is 2. The first-order chi connectivity index (χ1) is 13.3. The summed E-state index contributed by atoms with van der Waals surface area (Å²) in [5.74, 6) is -0.989. The minimum Gasteiger partial charge on any atom is -0.502 e. The number of nitro groups is 1. The minimum atomic E-state index is -0.736. The molecule has 0 atom stereocenters. The Bertz CT molecular complexity index is 913. The smallest absolute Gasteiger partial charge is 0.311 e. The molecule has 0 aliphatic heterocycles. The van der Waals surface area contributed by atoms with Crippen molar-refractivity contribution in [1.29, 1.82) is 0 Å². The molecule has 0 aliphatic rings. The molecular weight excluding hydrogens is 368 g/mol. The molecule has 0 heterocycles. The summed E-state index contributed by atoms with van der Waals surface area (Å²) in [5, 5.41) is 26.1. The molecule has 0 saturated carbocycles. The van der Waals surface area contributed by atoms with Gasteiger partial charge in [-0.1, -0.05) is 12.1 Å². The van der Waals surface area contributed by atoms with E-state index in [1.54, 1.807) is 18.2 Å². The maximum absolute atomic E-state index is 11.7. The van der Waals surface area contributed by atoms with Gasteiger partial charge in [0.05, 0.1) is 17.7 Å². The SMILES string of the molecule is Cc1cccc(OCC(=O)NCC(=O)N/N=C/c2ccc(O)c([N+](=O)[O-])c2)c1. The van der Waals surface area contributed by atoms with Crippen LogP contribution in [-0.2, 0) is 9.59 Å². The molecule has 10 nitrogen and oxygen atoms in total. The van der Waals surface area contributed by atoms with Crippen molar-refractivity contribution in [2.45, 2.75) is 6.92 Å². The number of phenolic OH excluding ortho intramolecular Hbond substituents is 1. The zero-order valence-electron chi connectivity index (χ0n) is 14.9. The van der Waals surface area contributed by atoms with Gasteiger partial charge in [0.1, 0.15) is 5.75 Å². The number of nitrogens with zero attached hydrogens (tertiary/aromatic N) is 2. The normalized spacial score (nSPS) is 10.5. The largest absolute Gasteiger partial charge is 0.502 e. The second-order valence-electron chi connectivity index (χ2n) is 5.68. The summed E-state index contributed by atoms with van der Waals surface area (Å²) in [6.45, 7) is 1.34. The highest BCUT2D eigenvalue weighted by atomic mass is 16.6. The summed E-state index contributed by atoms with van der Waals surface area (Å²) in [6, 6.07) is 10.8. The van der Waals surface area contributed by atoms with Crippen molar-refractivity contribution < 1.29 is 24.4 Å². The third kappa shape index (κ3) is 6.41. The molecule has 146 valence electrons. The third-order valence-electron chi connectivity index (χ3n) is 3.40. The van der Waals surface area contributed by atoms with E-state index in [1.807, 2.05) is 13.0 Å². The van der Waals surface area contributed by atoms with Gasteiger partial charge >= 0.3 is 5.69 Å².